The van der Waals surface area contributed by atoms with E-state index in [9.17, 15) is 9.18 Å². The molecule has 1 aliphatic rings. The molecular formula is C23H24ClFN4O2. The van der Waals surface area contributed by atoms with E-state index in [0.717, 1.165) is 35.8 Å². The second kappa shape index (κ2) is 9.39. The van der Waals surface area contributed by atoms with Crippen LogP contribution in [0.4, 0.5) is 10.2 Å². The lowest BCUT2D eigenvalue weighted by molar-refractivity contribution is -0.130. The quantitative estimate of drug-likeness (QED) is 0.644. The fraction of sp³-hybridized carbons (Fsp3) is 0.304. The van der Waals surface area contributed by atoms with Crippen molar-refractivity contribution in [2.45, 2.75) is 12.8 Å². The normalized spacial score (nSPS) is 14.4. The Morgan fingerprint density at radius 1 is 1.16 bits per heavy atom. The molecule has 0 bridgehead atoms. The molecular weight excluding hydrogens is 419 g/mol. The lowest BCUT2D eigenvalue weighted by Gasteiger charge is -2.22. The Morgan fingerprint density at radius 2 is 1.97 bits per heavy atom. The lowest BCUT2D eigenvalue weighted by atomic mass is 10.1. The van der Waals surface area contributed by atoms with Gasteiger partial charge in [-0.15, -0.1) is 0 Å². The van der Waals surface area contributed by atoms with Crippen LogP contribution in [0.3, 0.4) is 0 Å². The molecule has 1 N–H and O–H groups in total. The molecule has 3 aromatic rings. The molecule has 0 radical (unpaired) electrons. The van der Waals surface area contributed by atoms with Gasteiger partial charge < -0.3 is 14.5 Å². The highest BCUT2D eigenvalue weighted by Gasteiger charge is 2.22. The lowest BCUT2D eigenvalue weighted by Crippen LogP contribution is -2.36. The predicted molar refractivity (Wildman–Crippen MR) is 119 cm³/mol. The van der Waals surface area contributed by atoms with E-state index in [1.807, 2.05) is 30.3 Å². The number of H-pyrrole nitrogens is 1. The van der Waals surface area contributed by atoms with Crippen LogP contribution in [-0.4, -0.2) is 54.3 Å². The Morgan fingerprint density at radius 3 is 2.71 bits per heavy atom. The van der Waals surface area contributed by atoms with Crippen molar-refractivity contribution >= 4 is 23.3 Å². The molecule has 2 aromatic carbocycles. The van der Waals surface area contributed by atoms with Crippen molar-refractivity contribution in [2.24, 2.45) is 0 Å². The molecule has 6 nitrogen and oxygen atoms in total. The number of amides is 1. The number of benzene rings is 2. The zero-order valence-corrected chi connectivity index (χ0v) is 18.0. The first-order valence-electron chi connectivity index (χ1n) is 10.2. The van der Waals surface area contributed by atoms with Gasteiger partial charge in [0.2, 0.25) is 5.91 Å². The molecule has 2 heterocycles. The Bertz CT molecular complexity index is 1030. The molecule has 0 aliphatic carbocycles. The van der Waals surface area contributed by atoms with Crippen LogP contribution in [0.1, 0.15) is 12.0 Å². The van der Waals surface area contributed by atoms with Crippen molar-refractivity contribution in [1.82, 2.24) is 15.1 Å². The number of halogens is 2. The largest absolute Gasteiger partial charge is 0.497 e. The maximum Gasteiger partial charge on any atom is 0.227 e. The van der Waals surface area contributed by atoms with Crippen molar-refractivity contribution in [3.8, 4) is 17.0 Å². The van der Waals surface area contributed by atoms with Crippen molar-refractivity contribution in [3.63, 3.8) is 0 Å². The van der Waals surface area contributed by atoms with Crippen LogP contribution in [0, 0.1) is 5.82 Å². The van der Waals surface area contributed by atoms with Crippen molar-refractivity contribution < 1.29 is 13.9 Å². The predicted octanol–water partition coefficient (Wildman–Crippen LogP) is 4.16. The standard InChI is InChI=1S/C23H24ClFN4O2/c1-31-17-8-6-16(7-9-17)21-15-22(27-26-21)28-10-3-11-29(13-12-28)23(30)14-18-19(24)4-2-5-20(18)25/h2,4-9,15H,3,10-14H2,1H3,(H,26,27). The van der Waals surface area contributed by atoms with Crippen LogP contribution in [0.5, 0.6) is 5.75 Å². The third kappa shape index (κ3) is 4.82. The molecule has 0 atom stereocenters. The van der Waals surface area contributed by atoms with Gasteiger partial charge in [0.25, 0.3) is 0 Å². The van der Waals surface area contributed by atoms with Gasteiger partial charge >= 0.3 is 0 Å². The summed E-state index contributed by atoms with van der Waals surface area (Å²) < 4.78 is 19.2. The number of anilines is 1. The number of aromatic amines is 1. The summed E-state index contributed by atoms with van der Waals surface area (Å²) in [6.07, 6.45) is 0.775. The molecule has 1 amide bonds. The number of carbonyl (C=O) groups is 1. The molecule has 1 saturated heterocycles. The van der Waals surface area contributed by atoms with Gasteiger partial charge in [-0.05, 0) is 48.4 Å². The Labute approximate surface area is 185 Å². The summed E-state index contributed by atoms with van der Waals surface area (Å²) >= 11 is 6.08. The number of aromatic nitrogens is 2. The molecule has 1 aliphatic heterocycles. The molecule has 1 aromatic heterocycles. The summed E-state index contributed by atoms with van der Waals surface area (Å²) in [5, 5.41) is 7.83. The summed E-state index contributed by atoms with van der Waals surface area (Å²) in [7, 11) is 1.64. The third-order valence-electron chi connectivity index (χ3n) is 5.53. The number of rotatable bonds is 5. The number of hydrogen-bond acceptors (Lipinski definition) is 4. The van der Waals surface area contributed by atoms with E-state index in [-0.39, 0.29) is 22.9 Å². The third-order valence-corrected chi connectivity index (χ3v) is 5.88. The zero-order chi connectivity index (χ0) is 21.8. The smallest absolute Gasteiger partial charge is 0.227 e. The van der Waals surface area contributed by atoms with E-state index in [0.29, 0.717) is 19.6 Å². The van der Waals surface area contributed by atoms with E-state index >= 15 is 0 Å². The molecule has 8 heteroatoms. The molecule has 1 fully saturated rings. The number of methoxy groups -OCH3 is 1. The van der Waals surface area contributed by atoms with Crippen LogP contribution in [-0.2, 0) is 11.2 Å². The number of hydrogen-bond donors (Lipinski definition) is 1. The van der Waals surface area contributed by atoms with E-state index < -0.39 is 5.82 Å². The van der Waals surface area contributed by atoms with E-state index in [2.05, 4.69) is 15.1 Å². The Balaban J connectivity index is 1.40. The van der Waals surface area contributed by atoms with E-state index in [1.54, 1.807) is 24.1 Å². The maximum absolute atomic E-state index is 14.0. The summed E-state index contributed by atoms with van der Waals surface area (Å²) in [4.78, 5) is 16.7. The summed E-state index contributed by atoms with van der Waals surface area (Å²) in [6, 6.07) is 14.3. The second-order valence-corrected chi connectivity index (χ2v) is 7.87. The van der Waals surface area contributed by atoms with E-state index in [1.165, 1.54) is 6.07 Å². The number of nitrogens with zero attached hydrogens (tertiary/aromatic N) is 3. The van der Waals surface area contributed by atoms with Gasteiger partial charge in [0.15, 0.2) is 5.82 Å². The fourth-order valence-electron chi connectivity index (χ4n) is 3.75. The first kappa shape index (κ1) is 21.2. The van der Waals surface area contributed by atoms with Gasteiger partial charge in [-0.25, -0.2) is 4.39 Å². The van der Waals surface area contributed by atoms with Crippen LogP contribution in [0.2, 0.25) is 5.02 Å². The summed E-state index contributed by atoms with van der Waals surface area (Å²) in [5.74, 6) is 1.09. The van der Waals surface area contributed by atoms with Crippen molar-refractivity contribution in [3.05, 3.63) is 64.9 Å². The molecule has 31 heavy (non-hydrogen) atoms. The van der Waals surface area contributed by atoms with Gasteiger partial charge in [-0.2, -0.15) is 5.10 Å². The average molecular weight is 443 g/mol. The molecule has 0 saturated carbocycles. The SMILES string of the molecule is COc1ccc(-c2cc(N3CCCN(C(=O)Cc4c(F)cccc4Cl)CC3)n[nH]2)cc1. The van der Waals surface area contributed by atoms with Gasteiger partial charge in [-0.1, -0.05) is 17.7 Å². The summed E-state index contributed by atoms with van der Waals surface area (Å²) in [6.45, 7) is 2.62. The molecule has 162 valence electrons. The van der Waals surface area contributed by atoms with Crippen LogP contribution in [0.25, 0.3) is 11.3 Å². The highest BCUT2D eigenvalue weighted by Crippen LogP contribution is 2.25. The highest BCUT2D eigenvalue weighted by molar-refractivity contribution is 6.31. The minimum atomic E-state index is -0.445. The van der Waals surface area contributed by atoms with E-state index in [4.69, 9.17) is 16.3 Å². The first-order valence-corrected chi connectivity index (χ1v) is 10.6. The van der Waals surface area contributed by atoms with Crippen LogP contribution in [0.15, 0.2) is 48.5 Å². The van der Waals surface area contributed by atoms with Gasteiger partial charge in [-0.3, -0.25) is 9.89 Å². The van der Waals surface area contributed by atoms with Gasteiger partial charge in [0.1, 0.15) is 11.6 Å². The maximum atomic E-state index is 14.0. The molecule has 4 rings (SSSR count). The molecule has 0 unspecified atom stereocenters. The first-order chi connectivity index (χ1) is 15.0. The van der Waals surface area contributed by atoms with Gasteiger partial charge in [0.05, 0.1) is 19.2 Å². The topological polar surface area (TPSA) is 61.5 Å². The highest BCUT2D eigenvalue weighted by atomic mass is 35.5. The minimum Gasteiger partial charge on any atom is -0.497 e. The van der Waals surface area contributed by atoms with Gasteiger partial charge in [0, 0.05) is 42.8 Å². The van der Waals surface area contributed by atoms with Crippen molar-refractivity contribution in [1.29, 1.82) is 0 Å². The van der Waals surface area contributed by atoms with Crippen LogP contribution >= 0.6 is 11.6 Å². The fourth-order valence-corrected chi connectivity index (χ4v) is 3.98. The zero-order valence-electron chi connectivity index (χ0n) is 17.3. The average Bonchev–Trinajstić information content (AvgIpc) is 3.14. The minimum absolute atomic E-state index is 0.0322. The molecule has 0 spiro atoms. The number of nitrogens with one attached hydrogen (secondary N) is 1. The Kier molecular flexibility index (Phi) is 6.42. The van der Waals surface area contributed by atoms with Crippen molar-refractivity contribution in [2.75, 3.05) is 38.2 Å². The number of carbonyl (C=O) groups excluding carboxylic acids is 1. The van der Waals surface area contributed by atoms with Crippen LogP contribution < -0.4 is 9.64 Å². The second-order valence-electron chi connectivity index (χ2n) is 7.47. The number of ether oxygens (including phenoxy) is 1. The Hall–Kier alpha value is -3.06. The monoisotopic (exact) mass is 442 g/mol. The summed E-state index contributed by atoms with van der Waals surface area (Å²) in [5.41, 5.74) is 2.20.